The first-order chi connectivity index (χ1) is 15.7. The standard InChI is InChI=1S/C27H29N2O/c1-16-9-11-21-24-20(15-28)10-8-17(2)25(24)30-26(21)23(16)22-13-19(14-27(4,5)6)12-18(3)29(22)7/h8-13H,14H2,1-7H3/q+1/i12D,13D,14D2. The molecule has 4 aromatic rings. The number of hydrogen-bond donors (Lipinski definition) is 0. The number of benzene rings is 2. The van der Waals surface area contributed by atoms with E-state index in [2.05, 4.69) is 6.07 Å². The van der Waals surface area contributed by atoms with Gasteiger partial charge in [-0.25, -0.2) is 0 Å². The van der Waals surface area contributed by atoms with Crippen LogP contribution in [0.1, 0.15) is 54.2 Å². The van der Waals surface area contributed by atoms with Crippen molar-refractivity contribution in [2.75, 3.05) is 0 Å². The minimum absolute atomic E-state index is 0.0219. The van der Waals surface area contributed by atoms with Gasteiger partial charge in [0.1, 0.15) is 18.2 Å². The van der Waals surface area contributed by atoms with Gasteiger partial charge >= 0.3 is 0 Å². The Kier molecular flexibility index (Phi) is 3.65. The lowest BCUT2D eigenvalue weighted by molar-refractivity contribution is -0.666. The molecule has 3 nitrogen and oxygen atoms in total. The molecule has 0 radical (unpaired) electrons. The fourth-order valence-electron chi connectivity index (χ4n) is 3.89. The lowest BCUT2D eigenvalue weighted by atomic mass is 9.87. The molecule has 0 aliphatic rings. The Morgan fingerprint density at radius 3 is 2.43 bits per heavy atom. The van der Waals surface area contributed by atoms with Gasteiger partial charge in [-0.15, -0.1) is 0 Å². The molecule has 0 saturated carbocycles. The summed E-state index contributed by atoms with van der Waals surface area (Å²) >= 11 is 0. The summed E-state index contributed by atoms with van der Waals surface area (Å²) in [7, 11) is 1.80. The maximum Gasteiger partial charge on any atom is 0.216 e. The fourth-order valence-corrected chi connectivity index (χ4v) is 3.89. The van der Waals surface area contributed by atoms with E-state index in [1.807, 2.05) is 32.0 Å². The zero-order valence-electron chi connectivity index (χ0n) is 22.6. The SMILES string of the molecule is [2H]c1c(C([2H])([2H])C(C)(C)C)c([2H])c(-c2c(C)ccc3c2oc2c(C)ccc(C#N)c23)[n+](C)c1C. The highest BCUT2D eigenvalue weighted by molar-refractivity contribution is 6.12. The number of rotatable bonds is 2. The van der Waals surface area contributed by atoms with Crippen molar-refractivity contribution in [3.8, 4) is 17.3 Å². The zero-order valence-corrected chi connectivity index (χ0v) is 18.6. The van der Waals surface area contributed by atoms with E-state index in [0.717, 1.165) is 21.9 Å². The van der Waals surface area contributed by atoms with Gasteiger partial charge in [0.15, 0.2) is 5.69 Å². The number of furan rings is 1. The molecular formula is C27H29N2O+. The topological polar surface area (TPSA) is 40.8 Å². The normalized spacial score (nSPS) is 14.3. The molecule has 30 heavy (non-hydrogen) atoms. The average Bonchev–Trinajstić information content (AvgIpc) is 3.14. The van der Waals surface area contributed by atoms with E-state index >= 15 is 0 Å². The summed E-state index contributed by atoms with van der Waals surface area (Å²) in [6.07, 6.45) is -1.91. The van der Waals surface area contributed by atoms with E-state index in [-0.39, 0.29) is 17.6 Å². The van der Waals surface area contributed by atoms with Gasteiger partial charge in [-0.05, 0) is 48.4 Å². The lowest BCUT2D eigenvalue weighted by Gasteiger charge is -2.18. The molecule has 2 heterocycles. The molecule has 0 aliphatic heterocycles. The Morgan fingerprint density at radius 2 is 1.77 bits per heavy atom. The Hall–Kier alpha value is -3.12. The van der Waals surface area contributed by atoms with Crippen LogP contribution in [0, 0.1) is 37.5 Å². The van der Waals surface area contributed by atoms with E-state index in [4.69, 9.17) is 9.90 Å². The molecule has 2 aromatic carbocycles. The van der Waals surface area contributed by atoms with Gasteiger partial charge < -0.3 is 4.42 Å². The van der Waals surface area contributed by atoms with Crippen molar-refractivity contribution in [1.82, 2.24) is 0 Å². The molecule has 0 spiro atoms. The maximum atomic E-state index is 9.71. The summed E-state index contributed by atoms with van der Waals surface area (Å²) in [5.41, 5.74) is 4.49. The largest absolute Gasteiger partial charge is 0.455 e. The molecular weight excluding hydrogens is 368 g/mol. The second-order valence-electron chi connectivity index (χ2n) is 8.98. The monoisotopic (exact) mass is 401 g/mol. The number of aromatic nitrogens is 1. The predicted molar refractivity (Wildman–Crippen MR) is 122 cm³/mol. The highest BCUT2D eigenvalue weighted by atomic mass is 16.3. The minimum atomic E-state index is -1.91. The lowest BCUT2D eigenvalue weighted by Crippen LogP contribution is -2.35. The van der Waals surface area contributed by atoms with Crippen LogP contribution in [0.25, 0.3) is 33.2 Å². The first kappa shape index (κ1) is 15.7. The van der Waals surface area contributed by atoms with Gasteiger partial charge in [-0.1, -0.05) is 39.0 Å². The molecule has 0 bridgehead atoms. The van der Waals surface area contributed by atoms with E-state index in [9.17, 15) is 5.26 Å². The van der Waals surface area contributed by atoms with Crippen LogP contribution >= 0.6 is 0 Å². The molecule has 0 N–H and O–H groups in total. The Morgan fingerprint density at radius 1 is 1.07 bits per heavy atom. The van der Waals surface area contributed by atoms with Crippen LogP contribution in [0.2, 0.25) is 0 Å². The Labute approximate surface area is 184 Å². The van der Waals surface area contributed by atoms with Crippen molar-refractivity contribution >= 4 is 21.9 Å². The highest BCUT2D eigenvalue weighted by Crippen LogP contribution is 2.39. The van der Waals surface area contributed by atoms with Gasteiger partial charge in [0, 0.05) is 32.5 Å². The zero-order chi connectivity index (χ0) is 25.3. The van der Waals surface area contributed by atoms with Gasteiger partial charge in [0.05, 0.1) is 19.9 Å². The number of hydrogen-bond acceptors (Lipinski definition) is 2. The molecule has 0 aliphatic carbocycles. The quantitative estimate of drug-likeness (QED) is 0.362. The second kappa shape index (κ2) is 6.99. The predicted octanol–water partition coefficient (Wildman–Crippen LogP) is 6.46. The molecule has 2 aromatic heterocycles. The van der Waals surface area contributed by atoms with Crippen molar-refractivity contribution in [2.24, 2.45) is 12.5 Å². The summed E-state index contributed by atoms with van der Waals surface area (Å²) in [5.74, 6) is 0. The molecule has 3 heteroatoms. The van der Waals surface area contributed by atoms with Crippen molar-refractivity contribution in [1.29, 1.82) is 5.26 Å². The van der Waals surface area contributed by atoms with Gasteiger partial charge in [-0.3, -0.25) is 0 Å². The number of pyridine rings is 1. The third-order valence-corrected chi connectivity index (χ3v) is 5.44. The van der Waals surface area contributed by atoms with E-state index in [1.165, 1.54) is 0 Å². The van der Waals surface area contributed by atoms with E-state index < -0.39 is 11.8 Å². The number of aryl methyl sites for hydroxylation is 2. The second-order valence-corrected chi connectivity index (χ2v) is 8.98. The first-order valence-corrected chi connectivity index (χ1v) is 10.1. The van der Waals surface area contributed by atoms with Crippen LogP contribution < -0.4 is 4.57 Å². The van der Waals surface area contributed by atoms with Gasteiger partial charge in [0.2, 0.25) is 5.69 Å². The molecule has 0 amide bonds. The number of nitriles is 1. The summed E-state index contributed by atoms with van der Waals surface area (Å²) < 4.78 is 43.8. The van der Waals surface area contributed by atoms with Gasteiger partial charge in [-0.2, -0.15) is 9.83 Å². The minimum Gasteiger partial charge on any atom is -0.455 e. The Balaban J connectivity index is 2.23. The summed E-state index contributed by atoms with van der Waals surface area (Å²) in [6, 6.07) is 9.80. The third-order valence-electron chi connectivity index (χ3n) is 5.44. The van der Waals surface area contributed by atoms with Crippen molar-refractivity contribution in [3.63, 3.8) is 0 Å². The van der Waals surface area contributed by atoms with Crippen LogP contribution in [-0.2, 0) is 13.4 Å². The van der Waals surface area contributed by atoms with Crippen LogP contribution in [0.5, 0.6) is 0 Å². The van der Waals surface area contributed by atoms with Crippen molar-refractivity contribution in [2.45, 2.75) is 47.9 Å². The molecule has 152 valence electrons. The molecule has 0 saturated heterocycles. The highest BCUT2D eigenvalue weighted by Gasteiger charge is 2.25. The maximum absolute atomic E-state index is 9.71. The molecule has 4 rings (SSSR count). The van der Waals surface area contributed by atoms with Gasteiger partial charge in [0.25, 0.3) is 0 Å². The van der Waals surface area contributed by atoms with Crippen LogP contribution in [-0.4, -0.2) is 0 Å². The fraction of sp³-hybridized carbons (Fsp3) is 0.333. The van der Waals surface area contributed by atoms with Crippen molar-refractivity contribution in [3.05, 3.63) is 64.3 Å². The summed E-state index contributed by atoms with van der Waals surface area (Å²) in [6.45, 7) is 11.0. The summed E-state index contributed by atoms with van der Waals surface area (Å²) in [4.78, 5) is 0. The Bertz CT molecular complexity index is 1540. The smallest absolute Gasteiger partial charge is 0.216 e. The summed E-state index contributed by atoms with van der Waals surface area (Å²) in [5, 5.41) is 11.2. The molecule has 0 fully saturated rings. The van der Waals surface area contributed by atoms with E-state index in [0.29, 0.717) is 33.7 Å². The molecule has 0 unspecified atom stereocenters. The number of nitrogens with zero attached hydrogens (tertiary/aromatic N) is 2. The third kappa shape index (κ3) is 3.27. The van der Waals surface area contributed by atoms with E-state index in [1.54, 1.807) is 45.4 Å². The molecule has 0 atom stereocenters. The van der Waals surface area contributed by atoms with Crippen molar-refractivity contribution < 1.29 is 14.5 Å². The first-order valence-electron chi connectivity index (χ1n) is 12.1. The average molecular weight is 402 g/mol. The van der Waals surface area contributed by atoms with Crippen LogP contribution in [0.15, 0.2) is 40.8 Å². The van der Waals surface area contributed by atoms with Crippen LogP contribution in [0.4, 0.5) is 0 Å². The number of fused-ring (bicyclic) bond motifs is 3. The van der Waals surface area contributed by atoms with Crippen LogP contribution in [0.3, 0.4) is 0 Å².